The lowest BCUT2D eigenvalue weighted by atomic mass is 9.87. The number of hydrogen-bond acceptors (Lipinski definition) is 7. The fourth-order valence-electron chi connectivity index (χ4n) is 6.76. The highest BCUT2D eigenvalue weighted by atomic mass is 16.6. The van der Waals surface area contributed by atoms with Crippen LogP contribution in [-0.2, 0) is 23.9 Å². The standard InChI is InChI=1S/C38H60N4O7/c1-10-12-13-18-41-31-21-30(16-17-32(31)48-38(8,9)35(41)45)42(29-14-15-29)34(44)27-20-26(22-40(23-27)36(46)49-37(5,6)7)33(43)39-28(19-25(3)4)24-47-11-2/h16-17,21,25-29H,10-15,18-20,22-24H2,1-9H3,(H,39,43)/t26-,27+,28?/m0/s1. The van der Waals surface area contributed by atoms with E-state index in [1.54, 1.807) is 39.5 Å². The van der Waals surface area contributed by atoms with Crippen molar-refractivity contribution in [1.82, 2.24) is 10.2 Å². The number of rotatable bonds is 14. The van der Waals surface area contributed by atoms with E-state index < -0.39 is 29.1 Å². The summed E-state index contributed by atoms with van der Waals surface area (Å²) in [6, 6.07) is 5.46. The molecule has 11 nitrogen and oxygen atoms in total. The molecule has 0 radical (unpaired) electrons. The number of unbranched alkanes of at least 4 members (excludes halogenated alkanes) is 2. The van der Waals surface area contributed by atoms with Gasteiger partial charge in [-0.25, -0.2) is 4.79 Å². The second-order valence-electron chi connectivity index (χ2n) is 15.9. The third-order valence-electron chi connectivity index (χ3n) is 9.22. The van der Waals surface area contributed by atoms with Gasteiger partial charge in [0.25, 0.3) is 5.91 Å². The summed E-state index contributed by atoms with van der Waals surface area (Å²) in [5, 5.41) is 3.17. The minimum atomic E-state index is -0.994. The number of hydrogen-bond donors (Lipinski definition) is 1. The molecule has 0 aromatic heterocycles. The summed E-state index contributed by atoms with van der Waals surface area (Å²) in [5.74, 6) is -0.692. The van der Waals surface area contributed by atoms with Gasteiger partial charge in [0.2, 0.25) is 11.8 Å². The number of anilines is 2. The molecule has 49 heavy (non-hydrogen) atoms. The predicted molar refractivity (Wildman–Crippen MR) is 191 cm³/mol. The van der Waals surface area contributed by atoms with Crippen molar-refractivity contribution >= 4 is 35.2 Å². The Balaban J connectivity index is 1.63. The van der Waals surface area contributed by atoms with Crippen molar-refractivity contribution in [3.05, 3.63) is 18.2 Å². The molecule has 3 atom stereocenters. The Hall–Kier alpha value is -3.34. The lowest BCUT2D eigenvalue weighted by Crippen LogP contribution is -2.55. The molecule has 1 N–H and O–H groups in total. The van der Waals surface area contributed by atoms with Crippen LogP contribution < -0.4 is 19.9 Å². The molecule has 1 aliphatic carbocycles. The average molecular weight is 685 g/mol. The van der Waals surface area contributed by atoms with Crippen molar-refractivity contribution in [2.24, 2.45) is 17.8 Å². The van der Waals surface area contributed by atoms with Crippen LogP contribution in [-0.4, -0.2) is 84.8 Å². The zero-order valence-corrected chi connectivity index (χ0v) is 31.3. The minimum Gasteiger partial charge on any atom is -0.476 e. The van der Waals surface area contributed by atoms with Gasteiger partial charge >= 0.3 is 6.09 Å². The maximum absolute atomic E-state index is 14.6. The Labute approximate surface area is 293 Å². The fourth-order valence-corrected chi connectivity index (χ4v) is 6.76. The molecule has 0 bridgehead atoms. The third kappa shape index (κ3) is 10.1. The van der Waals surface area contributed by atoms with Crippen LogP contribution in [0.1, 0.15) is 107 Å². The van der Waals surface area contributed by atoms with Gasteiger partial charge in [-0.1, -0.05) is 33.6 Å². The third-order valence-corrected chi connectivity index (χ3v) is 9.22. The Morgan fingerprint density at radius 1 is 1.08 bits per heavy atom. The SMILES string of the molecule is CCCCCN1C(=O)C(C)(C)Oc2ccc(N(C(=O)[C@@H]3C[C@H](C(=O)NC(COCC)CC(C)C)CN(C(=O)OC(C)(C)C)C3)C3CC3)cc21. The van der Waals surface area contributed by atoms with Gasteiger partial charge in [-0.2, -0.15) is 0 Å². The Kier molecular flexibility index (Phi) is 12.7. The number of carbonyl (C=O) groups is 4. The first kappa shape index (κ1) is 38.5. The van der Waals surface area contributed by atoms with Crippen LogP contribution >= 0.6 is 0 Å². The van der Waals surface area contributed by atoms with Gasteiger partial charge in [-0.3, -0.25) is 14.4 Å². The van der Waals surface area contributed by atoms with Crippen molar-refractivity contribution in [3.63, 3.8) is 0 Å². The Morgan fingerprint density at radius 3 is 2.39 bits per heavy atom. The van der Waals surface area contributed by atoms with Crippen LogP contribution in [0.5, 0.6) is 5.75 Å². The minimum absolute atomic E-state index is 0.00142. The number of piperidine rings is 1. The van der Waals surface area contributed by atoms with Crippen LogP contribution in [0.4, 0.5) is 16.2 Å². The summed E-state index contributed by atoms with van der Waals surface area (Å²) in [6.45, 7) is 19.1. The molecule has 2 aliphatic heterocycles. The van der Waals surface area contributed by atoms with Gasteiger partial charge in [0.15, 0.2) is 5.60 Å². The van der Waals surface area contributed by atoms with E-state index in [1.807, 2.05) is 30.0 Å². The first-order valence-corrected chi connectivity index (χ1v) is 18.4. The fraction of sp³-hybridized carbons (Fsp3) is 0.737. The summed E-state index contributed by atoms with van der Waals surface area (Å²) in [7, 11) is 0. The summed E-state index contributed by atoms with van der Waals surface area (Å²) in [4.78, 5) is 60.5. The molecule has 274 valence electrons. The van der Waals surface area contributed by atoms with Gasteiger partial charge < -0.3 is 34.2 Å². The second kappa shape index (κ2) is 16.1. The summed E-state index contributed by atoms with van der Waals surface area (Å²) in [5.41, 5.74) is -0.372. The number of benzene rings is 1. The van der Waals surface area contributed by atoms with Crippen molar-refractivity contribution in [2.45, 2.75) is 131 Å². The van der Waals surface area contributed by atoms with Crippen LogP contribution in [0.2, 0.25) is 0 Å². The predicted octanol–water partition coefficient (Wildman–Crippen LogP) is 6.32. The molecule has 2 heterocycles. The number of fused-ring (bicyclic) bond motifs is 1. The summed E-state index contributed by atoms with van der Waals surface area (Å²) in [6.07, 6.45) is 5.12. The Bertz CT molecular complexity index is 1340. The highest BCUT2D eigenvalue weighted by Crippen LogP contribution is 2.43. The normalized spacial score (nSPS) is 21.1. The largest absolute Gasteiger partial charge is 0.476 e. The zero-order valence-electron chi connectivity index (χ0n) is 31.3. The van der Waals surface area contributed by atoms with Crippen LogP contribution in [0.25, 0.3) is 0 Å². The quantitative estimate of drug-likeness (QED) is 0.228. The van der Waals surface area contributed by atoms with Gasteiger partial charge in [0, 0.05) is 38.0 Å². The summed E-state index contributed by atoms with van der Waals surface area (Å²) < 4.78 is 17.5. The van der Waals surface area contributed by atoms with E-state index in [2.05, 4.69) is 26.1 Å². The molecule has 1 aromatic carbocycles. The van der Waals surface area contributed by atoms with Crippen LogP contribution in [0.3, 0.4) is 0 Å². The molecule has 1 unspecified atom stereocenters. The van der Waals surface area contributed by atoms with Gasteiger partial charge in [0.1, 0.15) is 11.4 Å². The van der Waals surface area contributed by atoms with E-state index in [0.717, 1.165) is 38.5 Å². The van der Waals surface area contributed by atoms with E-state index in [0.29, 0.717) is 49.2 Å². The van der Waals surface area contributed by atoms with E-state index in [9.17, 15) is 19.2 Å². The van der Waals surface area contributed by atoms with Crippen molar-refractivity contribution in [3.8, 4) is 5.75 Å². The second-order valence-corrected chi connectivity index (χ2v) is 15.9. The Morgan fingerprint density at radius 2 is 1.78 bits per heavy atom. The molecule has 2 fully saturated rings. The molecule has 1 aromatic rings. The van der Waals surface area contributed by atoms with Crippen LogP contribution in [0, 0.1) is 17.8 Å². The van der Waals surface area contributed by atoms with E-state index >= 15 is 0 Å². The number of nitrogens with one attached hydrogen (secondary N) is 1. The van der Waals surface area contributed by atoms with E-state index in [-0.39, 0.29) is 42.9 Å². The number of nitrogens with zero attached hydrogens (tertiary/aromatic N) is 3. The lowest BCUT2D eigenvalue weighted by molar-refractivity contribution is -0.133. The zero-order chi connectivity index (χ0) is 36.1. The van der Waals surface area contributed by atoms with Gasteiger partial charge in [-0.05, 0) is 97.8 Å². The molecule has 1 saturated heterocycles. The number of carbonyl (C=O) groups excluding carboxylic acids is 4. The van der Waals surface area contributed by atoms with Crippen molar-refractivity contribution in [2.75, 3.05) is 42.6 Å². The maximum atomic E-state index is 14.6. The topological polar surface area (TPSA) is 118 Å². The highest BCUT2D eigenvalue weighted by molar-refractivity contribution is 6.04. The van der Waals surface area contributed by atoms with Crippen molar-refractivity contribution < 1.29 is 33.4 Å². The first-order valence-electron chi connectivity index (χ1n) is 18.4. The van der Waals surface area contributed by atoms with E-state index in [4.69, 9.17) is 14.2 Å². The highest BCUT2D eigenvalue weighted by Gasteiger charge is 2.45. The lowest BCUT2D eigenvalue weighted by Gasteiger charge is -2.40. The molecule has 11 heteroatoms. The first-order chi connectivity index (χ1) is 23.0. The molecular weight excluding hydrogens is 624 g/mol. The summed E-state index contributed by atoms with van der Waals surface area (Å²) >= 11 is 0. The molecule has 1 saturated carbocycles. The molecule has 0 spiro atoms. The van der Waals surface area contributed by atoms with Crippen molar-refractivity contribution in [1.29, 1.82) is 0 Å². The van der Waals surface area contributed by atoms with Gasteiger partial charge in [-0.15, -0.1) is 0 Å². The molecule has 4 amide bonds. The maximum Gasteiger partial charge on any atom is 0.410 e. The molecule has 4 rings (SSSR count). The average Bonchev–Trinajstić information content (AvgIpc) is 3.86. The number of amides is 4. The number of ether oxygens (including phenoxy) is 3. The molecular formula is C38H60N4O7. The number of likely N-dealkylation sites (tertiary alicyclic amines) is 1. The van der Waals surface area contributed by atoms with E-state index in [1.165, 1.54) is 4.90 Å². The van der Waals surface area contributed by atoms with Crippen LogP contribution in [0.15, 0.2) is 18.2 Å². The smallest absolute Gasteiger partial charge is 0.410 e. The monoisotopic (exact) mass is 684 g/mol. The molecule has 3 aliphatic rings. The van der Waals surface area contributed by atoms with Gasteiger partial charge in [0.05, 0.1) is 30.2 Å².